The number of likely N-dealkylation sites (tertiary alicyclic amines) is 1. The maximum absolute atomic E-state index is 13.1. The van der Waals surface area contributed by atoms with E-state index in [1.807, 2.05) is 0 Å². The summed E-state index contributed by atoms with van der Waals surface area (Å²) in [7, 11) is 11.8. The summed E-state index contributed by atoms with van der Waals surface area (Å²) in [6.07, 6.45) is 2.49. The van der Waals surface area contributed by atoms with Gasteiger partial charge in [-0.1, -0.05) is 12.1 Å². The van der Waals surface area contributed by atoms with Crippen LogP contribution in [0.15, 0.2) is 42.5 Å². The molecule has 0 bridgehead atoms. The van der Waals surface area contributed by atoms with E-state index in [1.165, 1.54) is 29.1 Å². The quantitative estimate of drug-likeness (QED) is 0.474. The Morgan fingerprint density at radius 3 is 2.55 bits per heavy atom. The van der Waals surface area contributed by atoms with Gasteiger partial charge in [0.05, 0.1) is 11.4 Å². The number of likely N-dealkylation sites (N-methyl/N-ethyl adjacent to an activating group) is 1. The van der Waals surface area contributed by atoms with E-state index < -0.39 is 0 Å². The summed E-state index contributed by atoms with van der Waals surface area (Å²) in [4.78, 5) is 20.2. The van der Waals surface area contributed by atoms with Gasteiger partial charge in [0.1, 0.15) is 37.2 Å². The Hall–Kier alpha value is -2.14. The molecular formula is C24H32B4FN3O. The third-order valence-corrected chi connectivity index (χ3v) is 9.02. The molecular weight excluding hydrogens is 409 g/mol. The van der Waals surface area contributed by atoms with E-state index in [9.17, 15) is 9.18 Å². The standard InChI is InChI=1S/C24H32B4FN3O/c1-30-20-5-2-4-17-18-14-31(12-3-6-21(33)15-7-9-16(29)10-8-15)13-11-19(18)32(22(17)20)24(27,28)23(30,25)26/h2,4-5,7-10,18-19H,3,6,11-14,25-28H2,1H3. The lowest BCUT2D eigenvalue weighted by atomic mass is 9.36. The zero-order chi connectivity index (χ0) is 23.5. The molecule has 1 fully saturated rings. The van der Waals surface area contributed by atoms with Gasteiger partial charge in [0, 0.05) is 44.1 Å². The predicted octanol–water partition coefficient (Wildman–Crippen LogP) is -0.244. The van der Waals surface area contributed by atoms with E-state index in [2.05, 4.69) is 71.3 Å². The molecule has 2 atom stereocenters. The number of halogens is 1. The van der Waals surface area contributed by atoms with Gasteiger partial charge in [-0.2, -0.15) is 0 Å². The minimum Gasteiger partial charge on any atom is -0.382 e. The Bertz CT molecular complexity index is 1080. The molecule has 0 radical (unpaired) electrons. The van der Waals surface area contributed by atoms with Crippen molar-refractivity contribution in [3.8, 4) is 0 Å². The van der Waals surface area contributed by atoms with Crippen LogP contribution < -0.4 is 9.80 Å². The molecule has 0 spiro atoms. The summed E-state index contributed by atoms with van der Waals surface area (Å²) in [5, 5.41) is 0.0411. The van der Waals surface area contributed by atoms with Crippen LogP contribution in [-0.2, 0) is 0 Å². The third-order valence-electron chi connectivity index (χ3n) is 9.02. The Labute approximate surface area is 200 Å². The number of nitrogens with zero attached hydrogens (tertiary/aromatic N) is 3. The van der Waals surface area contributed by atoms with Gasteiger partial charge >= 0.3 is 0 Å². The van der Waals surface area contributed by atoms with E-state index in [4.69, 9.17) is 0 Å². The van der Waals surface area contributed by atoms with E-state index in [1.54, 1.807) is 12.1 Å². The lowest BCUT2D eigenvalue weighted by Crippen LogP contribution is -2.77. The minimum atomic E-state index is -0.301. The highest BCUT2D eigenvalue weighted by Gasteiger charge is 2.56. The summed E-state index contributed by atoms with van der Waals surface area (Å²) < 4.78 is 13.1. The summed E-state index contributed by atoms with van der Waals surface area (Å²) in [5.41, 5.74) is 4.88. The Morgan fingerprint density at radius 1 is 1.09 bits per heavy atom. The Balaban J connectivity index is 1.30. The topological polar surface area (TPSA) is 26.8 Å². The second-order valence-electron chi connectivity index (χ2n) is 11.1. The molecule has 168 valence electrons. The first-order chi connectivity index (χ1) is 15.6. The lowest BCUT2D eigenvalue weighted by Gasteiger charge is -2.62. The molecule has 3 heterocycles. The molecule has 33 heavy (non-hydrogen) atoms. The summed E-state index contributed by atoms with van der Waals surface area (Å²) in [5.74, 6) is 0.304. The molecule has 0 saturated carbocycles. The van der Waals surface area contributed by atoms with Gasteiger partial charge in [-0.25, -0.2) is 4.39 Å². The normalized spacial score (nSPS) is 24.9. The first kappa shape index (κ1) is 22.6. The van der Waals surface area contributed by atoms with Gasteiger partial charge in [-0.05, 0) is 66.0 Å². The molecule has 3 aliphatic rings. The van der Waals surface area contributed by atoms with Crippen LogP contribution in [0.3, 0.4) is 0 Å². The zero-order valence-corrected chi connectivity index (χ0v) is 20.6. The fraction of sp³-hybridized carbons (Fsp3) is 0.458. The smallest absolute Gasteiger partial charge is 0.162 e. The number of Topliss-reactive ketones (excluding diaryl/α,β-unsaturated/α-hetero) is 1. The van der Waals surface area contributed by atoms with Crippen molar-refractivity contribution in [2.24, 2.45) is 0 Å². The lowest BCUT2D eigenvalue weighted by molar-refractivity contribution is 0.0971. The first-order valence-corrected chi connectivity index (χ1v) is 12.3. The van der Waals surface area contributed by atoms with Crippen LogP contribution in [0.4, 0.5) is 15.8 Å². The summed E-state index contributed by atoms with van der Waals surface area (Å²) in [6.45, 7) is 3.04. The molecule has 0 amide bonds. The second-order valence-corrected chi connectivity index (χ2v) is 11.1. The van der Waals surface area contributed by atoms with Crippen molar-refractivity contribution in [3.05, 3.63) is 59.4 Å². The van der Waals surface area contributed by atoms with E-state index in [-0.39, 0.29) is 22.3 Å². The number of carbonyl (C=O) groups excluding carboxylic acids is 1. The molecule has 3 aliphatic heterocycles. The van der Waals surface area contributed by atoms with E-state index >= 15 is 0 Å². The van der Waals surface area contributed by atoms with Gasteiger partial charge < -0.3 is 14.7 Å². The molecule has 2 aromatic carbocycles. The van der Waals surface area contributed by atoms with Crippen molar-refractivity contribution in [1.82, 2.24) is 4.90 Å². The van der Waals surface area contributed by atoms with Crippen molar-refractivity contribution in [2.75, 3.05) is 36.5 Å². The number of fused-ring (bicyclic) bond motifs is 3. The molecule has 0 aromatic heterocycles. The van der Waals surface area contributed by atoms with E-state index in [0.717, 1.165) is 32.5 Å². The zero-order valence-electron chi connectivity index (χ0n) is 20.6. The van der Waals surface area contributed by atoms with Crippen molar-refractivity contribution in [2.45, 2.75) is 41.9 Å². The van der Waals surface area contributed by atoms with Gasteiger partial charge in [0.15, 0.2) is 5.78 Å². The van der Waals surface area contributed by atoms with Crippen molar-refractivity contribution < 1.29 is 9.18 Å². The van der Waals surface area contributed by atoms with Crippen LogP contribution in [0, 0.1) is 5.82 Å². The largest absolute Gasteiger partial charge is 0.382 e. The number of piperidine rings is 1. The summed E-state index contributed by atoms with van der Waals surface area (Å²) in [6, 6.07) is 13.3. The number of anilines is 2. The summed E-state index contributed by atoms with van der Waals surface area (Å²) >= 11 is 0. The Kier molecular flexibility index (Phi) is 5.47. The van der Waals surface area contributed by atoms with Crippen LogP contribution in [0.25, 0.3) is 0 Å². The number of benzene rings is 2. The SMILES string of the molecule is BC1(B)N(C)c2cccc3c2N(C2CCN(CCCC(=O)c4ccc(F)cc4)CC32)C1(B)B. The first-order valence-electron chi connectivity index (χ1n) is 12.3. The maximum atomic E-state index is 13.1. The predicted molar refractivity (Wildman–Crippen MR) is 145 cm³/mol. The van der Waals surface area contributed by atoms with Crippen LogP contribution in [-0.4, -0.2) is 85.5 Å². The molecule has 0 N–H and O–H groups in total. The molecule has 9 heteroatoms. The number of carbonyl (C=O) groups is 1. The van der Waals surface area contributed by atoms with Gasteiger partial charge in [0.2, 0.25) is 0 Å². The molecule has 4 nitrogen and oxygen atoms in total. The number of para-hydroxylation sites is 1. The van der Waals surface area contributed by atoms with Crippen molar-refractivity contribution in [3.63, 3.8) is 0 Å². The molecule has 0 aliphatic carbocycles. The molecule has 2 unspecified atom stereocenters. The van der Waals surface area contributed by atoms with Crippen LogP contribution in [0.1, 0.15) is 41.1 Å². The highest BCUT2D eigenvalue weighted by atomic mass is 19.1. The third kappa shape index (κ3) is 3.46. The Morgan fingerprint density at radius 2 is 1.82 bits per heavy atom. The highest BCUT2D eigenvalue weighted by molar-refractivity contribution is 6.57. The fourth-order valence-corrected chi connectivity index (χ4v) is 6.32. The van der Waals surface area contributed by atoms with Crippen molar-refractivity contribution >= 4 is 48.5 Å². The van der Waals surface area contributed by atoms with Crippen LogP contribution in [0.5, 0.6) is 0 Å². The second kappa shape index (κ2) is 7.97. The molecule has 1 saturated heterocycles. The minimum absolute atomic E-state index is 0.0192. The highest BCUT2D eigenvalue weighted by Crippen LogP contribution is 2.55. The van der Waals surface area contributed by atoms with Gasteiger partial charge in [-0.3, -0.25) is 4.79 Å². The van der Waals surface area contributed by atoms with Crippen LogP contribution >= 0.6 is 0 Å². The average Bonchev–Trinajstić information content (AvgIpc) is 3.12. The van der Waals surface area contributed by atoms with Crippen LogP contribution in [0.2, 0.25) is 0 Å². The van der Waals surface area contributed by atoms with Gasteiger partial charge in [-0.15, -0.1) is 0 Å². The molecule has 5 rings (SSSR count). The van der Waals surface area contributed by atoms with Crippen molar-refractivity contribution in [1.29, 1.82) is 0 Å². The number of ketones is 1. The number of hydrogen-bond acceptors (Lipinski definition) is 4. The number of rotatable bonds is 5. The van der Waals surface area contributed by atoms with E-state index in [0.29, 0.717) is 23.9 Å². The maximum Gasteiger partial charge on any atom is 0.162 e. The monoisotopic (exact) mass is 441 g/mol. The number of hydrogen-bond donors (Lipinski definition) is 0. The average molecular weight is 441 g/mol. The molecule has 2 aromatic rings. The fourth-order valence-electron chi connectivity index (χ4n) is 6.32. The van der Waals surface area contributed by atoms with Gasteiger partial charge in [0.25, 0.3) is 0 Å².